The van der Waals surface area contributed by atoms with Crippen molar-refractivity contribution in [2.24, 2.45) is 0 Å². The Balaban J connectivity index is 1.64. The predicted octanol–water partition coefficient (Wildman–Crippen LogP) is 2.53. The van der Waals surface area contributed by atoms with E-state index in [-0.39, 0.29) is 12.0 Å². The summed E-state index contributed by atoms with van der Waals surface area (Å²) < 4.78 is 11.1. The van der Waals surface area contributed by atoms with Crippen molar-refractivity contribution in [2.45, 2.75) is 26.1 Å². The molecule has 128 valence electrons. The zero-order valence-electron chi connectivity index (χ0n) is 14.0. The van der Waals surface area contributed by atoms with Crippen molar-refractivity contribution in [1.29, 1.82) is 0 Å². The first-order chi connectivity index (χ1) is 12.1. The third-order valence-electron chi connectivity index (χ3n) is 4.28. The Bertz CT molecular complexity index is 918. The molecule has 2 aromatic heterocycles. The van der Waals surface area contributed by atoms with Gasteiger partial charge >= 0.3 is 0 Å². The first-order valence-corrected chi connectivity index (χ1v) is 8.19. The van der Waals surface area contributed by atoms with E-state index in [0.717, 1.165) is 10.8 Å². The van der Waals surface area contributed by atoms with Crippen LogP contribution >= 0.6 is 0 Å². The van der Waals surface area contributed by atoms with E-state index in [4.69, 9.17) is 9.26 Å². The van der Waals surface area contributed by atoms with Gasteiger partial charge in [-0.1, -0.05) is 17.3 Å². The number of hydrogen-bond donors (Lipinski definition) is 0. The lowest BCUT2D eigenvalue weighted by Crippen LogP contribution is -2.46. The zero-order chi connectivity index (χ0) is 17.4. The van der Waals surface area contributed by atoms with Gasteiger partial charge in [0.15, 0.2) is 11.9 Å². The van der Waals surface area contributed by atoms with E-state index in [1.165, 1.54) is 0 Å². The molecule has 0 saturated carbocycles. The minimum atomic E-state index is -0.412. The van der Waals surface area contributed by atoms with Gasteiger partial charge in [-0.25, -0.2) is 0 Å². The van der Waals surface area contributed by atoms with Gasteiger partial charge in [0.25, 0.3) is 11.8 Å². The number of carbonyl (C=O) groups excluding carboxylic acids is 1. The van der Waals surface area contributed by atoms with Crippen LogP contribution in [0.1, 0.15) is 35.1 Å². The summed E-state index contributed by atoms with van der Waals surface area (Å²) in [7, 11) is 0. The first kappa shape index (κ1) is 15.7. The molecule has 0 bridgehead atoms. The second-order valence-corrected chi connectivity index (χ2v) is 6.23. The quantitative estimate of drug-likeness (QED) is 0.714. The summed E-state index contributed by atoms with van der Waals surface area (Å²) in [6.45, 7) is 4.59. The Kier molecular flexibility index (Phi) is 3.93. The Morgan fingerprint density at radius 2 is 2.16 bits per heavy atom. The van der Waals surface area contributed by atoms with Crippen LogP contribution in [0, 0.1) is 6.92 Å². The van der Waals surface area contributed by atoms with Crippen molar-refractivity contribution in [3.8, 4) is 0 Å². The molecular weight excluding hydrogens is 320 g/mol. The van der Waals surface area contributed by atoms with E-state index in [2.05, 4.69) is 15.1 Å². The van der Waals surface area contributed by atoms with Crippen molar-refractivity contribution in [2.75, 3.05) is 13.1 Å². The standard InChI is InChI=1S/C18H18N4O3/c1-11-9-22(10-16(24-11)17-20-12(2)21-25-17)18(23)15-5-3-4-13-8-19-7-6-14(13)15/h3-8,11,16H,9-10H2,1-2H3/t11-,16-/m1/s1. The minimum absolute atomic E-state index is 0.0341. The molecular formula is C18H18N4O3. The molecule has 1 amide bonds. The molecule has 1 saturated heterocycles. The van der Waals surface area contributed by atoms with Crippen LogP contribution in [0.5, 0.6) is 0 Å². The van der Waals surface area contributed by atoms with Gasteiger partial charge in [0.2, 0.25) is 0 Å². The number of morpholine rings is 1. The molecule has 1 aliphatic heterocycles. The molecule has 1 aromatic carbocycles. The lowest BCUT2D eigenvalue weighted by atomic mass is 10.0. The number of aromatic nitrogens is 3. The maximum Gasteiger partial charge on any atom is 0.257 e. The van der Waals surface area contributed by atoms with Crippen LogP contribution in [-0.4, -0.2) is 45.1 Å². The van der Waals surface area contributed by atoms with E-state index >= 15 is 0 Å². The van der Waals surface area contributed by atoms with Gasteiger partial charge in [0.05, 0.1) is 12.6 Å². The SMILES string of the molecule is Cc1noc([C@H]2CN(C(=O)c3cccc4cnccc34)C[C@@H](C)O2)n1. The molecule has 0 aliphatic carbocycles. The number of benzene rings is 1. The molecule has 0 radical (unpaired) electrons. The molecule has 7 heteroatoms. The topological polar surface area (TPSA) is 81.4 Å². The molecule has 3 aromatic rings. The number of aryl methyl sites for hydroxylation is 1. The van der Waals surface area contributed by atoms with E-state index in [0.29, 0.717) is 30.4 Å². The average molecular weight is 338 g/mol. The highest BCUT2D eigenvalue weighted by molar-refractivity contribution is 6.06. The van der Waals surface area contributed by atoms with E-state index in [1.807, 2.05) is 31.2 Å². The number of hydrogen-bond acceptors (Lipinski definition) is 6. The van der Waals surface area contributed by atoms with E-state index in [1.54, 1.807) is 24.2 Å². The second kappa shape index (κ2) is 6.25. The first-order valence-electron chi connectivity index (χ1n) is 8.19. The molecule has 7 nitrogen and oxygen atoms in total. The normalized spacial score (nSPS) is 20.8. The molecule has 2 atom stereocenters. The number of carbonyl (C=O) groups is 1. The van der Waals surface area contributed by atoms with Gasteiger partial charge in [-0.15, -0.1) is 0 Å². The van der Waals surface area contributed by atoms with Gasteiger partial charge < -0.3 is 14.2 Å². The highest BCUT2D eigenvalue weighted by Gasteiger charge is 2.33. The second-order valence-electron chi connectivity index (χ2n) is 6.23. The van der Waals surface area contributed by atoms with Crippen LogP contribution < -0.4 is 0 Å². The van der Waals surface area contributed by atoms with Crippen LogP contribution in [-0.2, 0) is 4.74 Å². The zero-order valence-corrected chi connectivity index (χ0v) is 14.0. The summed E-state index contributed by atoms with van der Waals surface area (Å²) in [5.41, 5.74) is 0.662. The number of nitrogens with zero attached hydrogens (tertiary/aromatic N) is 4. The maximum atomic E-state index is 13.1. The molecule has 0 unspecified atom stereocenters. The van der Waals surface area contributed by atoms with Gasteiger partial charge in [0.1, 0.15) is 0 Å². The van der Waals surface area contributed by atoms with Crippen LogP contribution in [0.4, 0.5) is 0 Å². The predicted molar refractivity (Wildman–Crippen MR) is 90.0 cm³/mol. The van der Waals surface area contributed by atoms with Gasteiger partial charge in [-0.3, -0.25) is 9.78 Å². The van der Waals surface area contributed by atoms with Crippen molar-refractivity contribution in [1.82, 2.24) is 20.0 Å². The lowest BCUT2D eigenvalue weighted by molar-refractivity contribution is -0.0809. The number of ether oxygens (including phenoxy) is 1. The Hall–Kier alpha value is -2.80. The van der Waals surface area contributed by atoms with Gasteiger partial charge in [0, 0.05) is 29.9 Å². The molecule has 0 N–H and O–H groups in total. The van der Waals surface area contributed by atoms with Crippen molar-refractivity contribution >= 4 is 16.7 Å². The molecule has 1 aliphatic rings. The summed E-state index contributed by atoms with van der Waals surface area (Å²) in [6.07, 6.45) is 2.93. The van der Waals surface area contributed by atoms with Crippen molar-refractivity contribution in [3.63, 3.8) is 0 Å². The van der Waals surface area contributed by atoms with Gasteiger partial charge in [-0.05, 0) is 31.4 Å². The Morgan fingerprint density at radius 3 is 2.96 bits per heavy atom. The van der Waals surface area contributed by atoms with Crippen LogP contribution in [0.15, 0.2) is 41.2 Å². The van der Waals surface area contributed by atoms with Crippen molar-refractivity contribution < 1.29 is 14.1 Å². The fourth-order valence-electron chi connectivity index (χ4n) is 3.18. The minimum Gasteiger partial charge on any atom is -0.362 e. The van der Waals surface area contributed by atoms with Crippen LogP contribution in [0.2, 0.25) is 0 Å². The molecule has 1 fully saturated rings. The number of rotatable bonds is 2. The molecule has 25 heavy (non-hydrogen) atoms. The monoisotopic (exact) mass is 338 g/mol. The molecule has 0 spiro atoms. The molecule has 3 heterocycles. The van der Waals surface area contributed by atoms with Crippen LogP contribution in [0.3, 0.4) is 0 Å². The molecule has 4 rings (SSSR count). The fraction of sp³-hybridized carbons (Fsp3) is 0.333. The van der Waals surface area contributed by atoms with Crippen molar-refractivity contribution in [3.05, 3.63) is 53.9 Å². The lowest BCUT2D eigenvalue weighted by Gasteiger charge is -2.35. The fourth-order valence-corrected chi connectivity index (χ4v) is 3.18. The largest absolute Gasteiger partial charge is 0.362 e. The summed E-state index contributed by atoms with van der Waals surface area (Å²) in [5.74, 6) is 0.924. The van der Waals surface area contributed by atoms with E-state index in [9.17, 15) is 4.79 Å². The van der Waals surface area contributed by atoms with Crippen LogP contribution in [0.25, 0.3) is 10.8 Å². The summed E-state index contributed by atoms with van der Waals surface area (Å²) in [4.78, 5) is 23.3. The number of amides is 1. The van der Waals surface area contributed by atoms with Gasteiger partial charge in [-0.2, -0.15) is 4.98 Å². The highest BCUT2D eigenvalue weighted by Crippen LogP contribution is 2.27. The number of fused-ring (bicyclic) bond motifs is 1. The maximum absolute atomic E-state index is 13.1. The Labute approximate surface area is 144 Å². The number of pyridine rings is 1. The smallest absolute Gasteiger partial charge is 0.257 e. The Morgan fingerprint density at radius 1 is 1.28 bits per heavy atom. The highest BCUT2D eigenvalue weighted by atomic mass is 16.5. The summed E-state index contributed by atoms with van der Waals surface area (Å²) in [6, 6.07) is 7.53. The summed E-state index contributed by atoms with van der Waals surface area (Å²) in [5, 5.41) is 5.65. The average Bonchev–Trinajstić information content (AvgIpc) is 3.06. The third kappa shape index (κ3) is 2.98. The summed E-state index contributed by atoms with van der Waals surface area (Å²) >= 11 is 0. The third-order valence-corrected chi connectivity index (χ3v) is 4.28. The van der Waals surface area contributed by atoms with E-state index < -0.39 is 6.10 Å².